The average Bonchev–Trinajstić information content (AvgIpc) is 2.82. The lowest BCUT2D eigenvalue weighted by Gasteiger charge is -2.31. The van der Waals surface area contributed by atoms with Crippen LogP contribution in [0, 0.1) is 0 Å². The molecule has 1 fully saturated rings. The van der Waals surface area contributed by atoms with Crippen LogP contribution in [0.25, 0.3) is 0 Å². The Kier molecular flexibility index (Phi) is 7.07. The third-order valence-electron chi connectivity index (χ3n) is 5.36. The molecule has 164 valence electrons. The zero-order valence-corrected chi connectivity index (χ0v) is 19.2. The molecule has 32 heavy (non-hydrogen) atoms. The number of hydrogen-bond donors (Lipinski definition) is 3. The van der Waals surface area contributed by atoms with E-state index < -0.39 is 0 Å². The molecule has 1 aliphatic heterocycles. The first kappa shape index (κ1) is 21.9. The highest BCUT2D eigenvalue weighted by Gasteiger charge is 2.17. The normalized spacial score (nSPS) is 13.3. The van der Waals surface area contributed by atoms with E-state index in [1.165, 1.54) is 6.42 Å². The standard InChI is InChI=1S/C25H25BrN4O2/c26-20-11-5-6-12-21(20)28-25(32)29-22-17-19(27-24(31)18-9-3-1-4-10-18)13-14-23(22)30-15-7-2-8-16-30/h1,3-6,9-14,17H,2,7-8,15-16H2,(H,27,31)(H2,28,29,32). The Balaban J connectivity index is 1.56. The van der Waals surface area contributed by atoms with E-state index in [9.17, 15) is 9.59 Å². The highest BCUT2D eigenvalue weighted by molar-refractivity contribution is 9.10. The molecule has 0 atom stereocenters. The molecular formula is C25H25BrN4O2. The summed E-state index contributed by atoms with van der Waals surface area (Å²) in [4.78, 5) is 27.6. The van der Waals surface area contributed by atoms with E-state index >= 15 is 0 Å². The van der Waals surface area contributed by atoms with E-state index in [0.717, 1.165) is 36.1 Å². The smallest absolute Gasteiger partial charge is 0.323 e. The lowest BCUT2D eigenvalue weighted by molar-refractivity contribution is 0.102. The van der Waals surface area contributed by atoms with Crippen molar-refractivity contribution in [3.8, 4) is 0 Å². The van der Waals surface area contributed by atoms with Crippen LogP contribution in [-0.4, -0.2) is 25.0 Å². The number of nitrogens with one attached hydrogen (secondary N) is 3. The van der Waals surface area contributed by atoms with Crippen molar-refractivity contribution >= 4 is 50.6 Å². The quantitative estimate of drug-likeness (QED) is 0.389. The minimum absolute atomic E-state index is 0.194. The van der Waals surface area contributed by atoms with Gasteiger partial charge in [-0.15, -0.1) is 0 Å². The first-order chi connectivity index (χ1) is 15.6. The first-order valence-corrected chi connectivity index (χ1v) is 11.5. The maximum absolute atomic E-state index is 12.8. The molecule has 0 unspecified atom stereocenters. The topological polar surface area (TPSA) is 73.5 Å². The van der Waals surface area contributed by atoms with Crippen LogP contribution in [-0.2, 0) is 0 Å². The van der Waals surface area contributed by atoms with Gasteiger partial charge in [-0.3, -0.25) is 4.79 Å². The molecule has 0 saturated carbocycles. The van der Waals surface area contributed by atoms with Gasteiger partial charge in [0, 0.05) is 28.8 Å². The molecule has 0 radical (unpaired) electrons. The summed E-state index contributed by atoms with van der Waals surface area (Å²) < 4.78 is 0.801. The molecular weight excluding hydrogens is 468 g/mol. The minimum atomic E-state index is -0.346. The van der Waals surface area contributed by atoms with Crippen molar-refractivity contribution in [3.05, 3.63) is 82.8 Å². The number of rotatable bonds is 5. The summed E-state index contributed by atoms with van der Waals surface area (Å²) in [5.74, 6) is -0.194. The number of nitrogens with zero attached hydrogens (tertiary/aromatic N) is 1. The predicted octanol–water partition coefficient (Wildman–Crippen LogP) is 6.34. The van der Waals surface area contributed by atoms with E-state index in [-0.39, 0.29) is 11.9 Å². The van der Waals surface area contributed by atoms with E-state index in [4.69, 9.17) is 0 Å². The third kappa shape index (κ3) is 5.48. The molecule has 7 heteroatoms. The Bertz CT molecular complexity index is 1100. The molecule has 1 saturated heterocycles. The molecule has 1 heterocycles. The van der Waals surface area contributed by atoms with Gasteiger partial charge in [0.05, 0.1) is 17.1 Å². The number of carbonyl (C=O) groups is 2. The number of halogens is 1. The van der Waals surface area contributed by atoms with Crippen molar-refractivity contribution < 1.29 is 9.59 Å². The van der Waals surface area contributed by atoms with E-state index in [1.54, 1.807) is 12.1 Å². The second-order valence-corrected chi connectivity index (χ2v) is 8.51. The van der Waals surface area contributed by atoms with Gasteiger partial charge in [0.15, 0.2) is 0 Å². The Morgan fingerprint density at radius 3 is 2.19 bits per heavy atom. The zero-order valence-electron chi connectivity index (χ0n) is 17.6. The molecule has 0 spiro atoms. The van der Waals surface area contributed by atoms with Crippen LogP contribution < -0.4 is 20.9 Å². The lowest BCUT2D eigenvalue weighted by Crippen LogP contribution is -2.31. The van der Waals surface area contributed by atoms with Crippen LogP contribution in [0.15, 0.2) is 77.3 Å². The molecule has 0 aliphatic carbocycles. The number of anilines is 4. The van der Waals surface area contributed by atoms with Crippen LogP contribution >= 0.6 is 15.9 Å². The van der Waals surface area contributed by atoms with Gasteiger partial charge >= 0.3 is 6.03 Å². The zero-order chi connectivity index (χ0) is 22.3. The van der Waals surface area contributed by atoms with Crippen LogP contribution in [0.1, 0.15) is 29.6 Å². The molecule has 1 aliphatic rings. The van der Waals surface area contributed by atoms with Gasteiger partial charge in [0.2, 0.25) is 0 Å². The molecule has 3 amide bonds. The van der Waals surface area contributed by atoms with Gasteiger partial charge in [-0.1, -0.05) is 30.3 Å². The van der Waals surface area contributed by atoms with Crippen LogP contribution in [0.3, 0.4) is 0 Å². The van der Waals surface area contributed by atoms with Gasteiger partial charge < -0.3 is 20.9 Å². The van der Waals surface area contributed by atoms with Gasteiger partial charge in [-0.2, -0.15) is 0 Å². The predicted molar refractivity (Wildman–Crippen MR) is 134 cm³/mol. The Labute approximate surface area is 196 Å². The molecule has 0 bridgehead atoms. The number of urea groups is 1. The summed E-state index contributed by atoms with van der Waals surface area (Å²) in [6, 6.07) is 21.8. The number of para-hydroxylation sites is 1. The van der Waals surface area contributed by atoms with Gasteiger partial charge in [-0.25, -0.2) is 4.79 Å². The van der Waals surface area contributed by atoms with E-state index in [2.05, 4.69) is 36.8 Å². The van der Waals surface area contributed by atoms with Crippen molar-refractivity contribution in [2.45, 2.75) is 19.3 Å². The maximum Gasteiger partial charge on any atom is 0.323 e. The van der Waals surface area contributed by atoms with Crippen molar-refractivity contribution in [1.82, 2.24) is 0 Å². The average molecular weight is 493 g/mol. The fourth-order valence-electron chi connectivity index (χ4n) is 3.76. The summed E-state index contributed by atoms with van der Waals surface area (Å²) in [5.41, 5.74) is 3.48. The van der Waals surface area contributed by atoms with Crippen molar-refractivity contribution in [3.63, 3.8) is 0 Å². The molecule has 6 nitrogen and oxygen atoms in total. The number of amides is 3. The van der Waals surface area contributed by atoms with E-state index in [1.807, 2.05) is 60.7 Å². The van der Waals surface area contributed by atoms with Crippen LogP contribution in [0.2, 0.25) is 0 Å². The van der Waals surface area contributed by atoms with Crippen molar-refractivity contribution in [2.75, 3.05) is 33.9 Å². The molecule has 3 aromatic carbocycles. The molecule has 3 N–H and O–H groups in total. The first-order valence-electron chi connectivity index (χ1n) is 10.7. The Hall–Kier alpha value is -3.32. The second kappa shape index (κ2) is 10.3. The maximum atomic E-state index is 12.8. The lowest BCUT2D eigenvalue weighted by atomic mass is 10.1. The number of piperidine rings is 1. The molecule has 3 aromatic rings. The summed E-state index contributed by atoms with van der Waals surface area (Å²) in [5, 5.41) is 8.77. The Morgan fingerprint density at radius 1 is 0.750 bits per heavy atom. The molecule has 4 rings (SSSR count). The minimum Gasteiger partial charge on any atom is -0.370 e. The van der Waals surface area contributed by atoms with Gasteiger partial charge in [0.25, 0.3) is 5.91 Å². The summed E-state index contributed by atoms with van der Waals surface area (Å²) in [6.07, 6.45) is 3.46. The van der Waals surface area contributed by atoms with Crippen LogP contribution in [0.5, 0.6) is 0 Å². The second-order valence-electron chi connectivity index (χ2n) is 7.66. The summed E-state index contributed by atoms with van der Waals surface area (Å²) >= 11 is 3.45. The summed E-state index contributed by atoms with van der Waals surface area (Å²) in [7, 11) is 0. The largest absolute Gasteiger partial charge is 0.370 e. The van der Waals surface area contributed by atoms with Crippen molar-refractivity contribution in [2.24, 2.45) is 0 Å². The molecule has 0 aromatic heterocycles. The highest BCUT2D eigenvalue weighted by atomic mass is 79.9. The van der Waals surface area contributed by atoms with E-state index in [0.29, 0.717) is 22.6 Å². The fourth-order valence-corrected chi connectivity index (χ4v) is 4.14. The summed E-state index contributed by atoms with van der Waals surface area (Å²) in [6.45, 7) is 1.88. The monoisotopic (exact) mass is 492 g/mol. The fraction of sp³-hybridized carbons (Fsp3) is 0.200. The Morgan fingerprint density at radius 2 is 1.44 bits per heavy atom. The number of carbonyl (C=O) groups excluding carboxylic acids is 2. The SMILES string of the molecule is O=C(Nc1ccccc1Br)Nc1cc(NC(=O)c2ccccc2)ccc1N1CCCCC1. The number of benzene rings is 3. The van der Waals surface area contributed by atoms with Crippen LogP contribution in [0.4, 0.5) is 27.5 Å². The van der Waals surface area contributed by atoms with Gasteiger partial charge in [-0.05, 0) is 77.7 Å². The van der Waals surface area contributed by atoms with Crippen molar-refractivity contribution in [1.29, 1.82) is 0 Å². The third-order valence-corrected chi connectivity index (χ3v) is 6.05. The van der Waals surface area contributed by atoms with Gasteiger partial charge in [0.1, 0.15) is 0 Å². The number of hydrogen-bond acceptors (Lipinski definition) is 3. The highest BCUT2D eigenvalue weighted by Crippen LogP contribution is 2.32.